The molecule has 0 aliphatic rings. The third-order valence-electron chi connectivity index (χ3n) is 1.45. The molecule has 76 valence electrons. The van der Waals surface area contributed by atoms with Crippen LogP contribution in [0.15, 0.2) is 18.3 Å². The van der Waals surface area contributed by atoms with E-state index in [1.807, 2.05) is 0 Å². The molecule has 0 fully saturated rings. The van der Waals surface area contributed by atoms with E-state index in [-0.39, 0.29) is 12.3 Å². The number of hydrogen-bond acceptors (Lipinski definition) is 5. The monoisotopic (exact) mass is 196 g/mol. The molecule has 0 radical (unpaired) electrons. The summed E-state index contributed by atoms with van der Waals surface area (Å²) < 4.78 is 4.74. The summed E-state index contributed by atoms with van der Waals surface area (Å²) in [5.41, 5.74) is 6.06. The number of ether oxygens (including phenoxy) is 1. The first-order valence-corrected chi connectivity index (χ1v) is 4.16. The van der Waals surface area contributed by atoms with Crippen LogP contribution in [-0.2, 0) is 4.74 Å². The number of aromatic nitrogens is 1. The van der Waals surface area contributed by atoms with Gasteiger partial charge >= 0.3 is 5.97 Å². The Labute approximate surface area is 81.5 Å². The SMILES string of the molecule is CC(O)COC(=O)c1ccc(N)cn1. The van der Waals surface area contributed by atoms with Crippen LogP contribution in [0.25, 0.3) is 0 Å². The molecule has 0 aromatic carbocycles. The highest BCUT2D eigenvalue weighted by Gasteiger charge is 2.09. The Morgan fingerprint density at radius 2 is 2.43 bits per heavy atom. The highest BCUT2D eigenvalue weighted by Crippen LogP contribution is 2.02. The number of pyridine rings is 1. The van der Waals surface area contributed by atoms with Gasteiger partial charge in [0.2, 0.25) is 0 Å². The summed E-state index contributed by atoms with van der Waals surface area (Å²) in [6.07, 6.45) is 0.701. The molecule has 5 heteroatoms. The number of nitrogen functional groups attached to an aromatic ring is 1. The Hall–Kier alpha value is -1.62. The lowest BCUT2D eigenvalue weighted by molar-refractivity contribution is 0.0290. The van der Waals surface area contributed by atoms with Gasteiger partial charge in [0.05, 0.1) is 18.0 Å². The smallest absolute Gasteiger partial charge is 0.357 e. The zero-order valence-corrected chi connectivity index (χ0v) is 7.80. The average Bonchev–Trinajstić information content (AvgIpc) is 2.15. The van der Waals surface area contributed by atoms with Crippen LogP contribution >= 0.6 is 0 Å². The lowest BCUT2D eigenvalue weighted by Crippen LogP contribution is -2.16. The van der Waals surface area contributed by atoms with Gasteiger partial charge in [-0.05, 0) is 19.1 Å². The predicted octanol–water partition coefficient (Wildman–Crippen LogP) is 0.201. The van der Waals surface area contributed by atoms with E-state index in [9.17, 15) is 4.79 Å². The van der Waals surface area contributed by atoms with Crippen LogP contribution in [0.1, 0.15) is 17.4 Å². The van der Waals surface area contributed by atoms with Gasteiger partial charge in [0, 0.05) is 0 Å². The summed E-state index contributed by atoms with van der Waals surface area (Å²) >= 11 is 0. The van der Waals surface area contributed by atoms with Crippen molar-refractivity contribution in [1.29, 1.82) is 0 Å². The number of esters is 1. The van der Waals surface area contributed by atoms with Crippen LogP contribution in [0.3, 0.4) is 0 Å². The average molecular weight is 196 g/mol. The Morgan fingerprint density at radius 3 is 2.93 bits per heavy atom. The van der Waals surface area contributed by atoms with Gasteiger partial charge in [0.15, 0.2) is 0 Å². The quantitative estimate of drug-likeness (QED) is 0.674. The number of aliphatic hydroxyl groups excluding tert-OH is 1. The van der Waals surface area contributed by atoms with Crippen molar-refractivity contribution >= 4 is 11.7 Å². The van der Waals surface area contributed by atoms with Gasteiger partial charge in [-0.15, -0.1) is 0 Å². The van der Waals surface area contributed by atoms with Crippen LogP contribution in [0.5, 0.6) is 0 Å². The number of aliphatic hydroxyl groups is 1. The number of anilines is 1. The van der Waals surface area contributed by atoms with E-state index in [1.54, 1.807) is 6.07 Å². The lowest BCUT2D eigenvalue weighted by Gasteiger charge is -2.05. The molecule has 0 bridgehead atoms. The molecule has 1 aromatic rings. The highest BCUT2D eigenvalue weighted by molar-refractivity contribution is 5.87. The largest absolute Gasteiger partial charge is 0.458 e. The molecular formula is C9H12N2O3. The second-order valence-corrected chi connectivity index (χ2v) is 2.92. The molecule has 0 amide bonds. The molecule has 1 atom stereocenters. The van der Waals surface area contributed by atoms with Crippen molar-refractivity contribution in [2.24, 2.45) is 0 Å². The summed E-state index contributed by atoms with van der Waals surface area (Å²) in [6, 6.07) is 3.03. The fourth-order valence-electron chi connectivity index (χ4n) is 0.796. The predicted molar refractivity (Wildman–Crippen MR) is 50.6 cm³/mol. The number of nitrogens with two attached hydrogens (primary N) is 1. The molecule has 3 N–H and O–H groups in total. The van der Waals surface area contributed by atoms with E-state index in [1.165, 1.54) is 19.2 Å². The summed E-state index contributed by atoms with van der Waals surface area (Å²) in [4.78, 5) is 15.0. The Morgan fingerprint density at radius 1 is 1.71 bits per heavy atom. The fraction of sp³-hybridized carbons (Fsp3) is 0.333. The Kier molecular flexibility index (Phi) is 3.41. The van der Waals surface area contributed by atoms with E-state index < -0.39 is 12.1 Å². The standard InChI is InChI=1S/C9H12N2O3/c1-6(12)5-14-9(13)8-3-2-7(10)4-11-8/h2-4,6,12H,5,10H2,1H3. The first-order valence-electron chi connectivity index (χ1n) is 4.16. The number of rotatable bonds is 3. The molecule has 1 aromatic heterocycles. The van der Waals surface area contributed by atoms with Crippen molar-refractivity contribution in [3.63, 3.8) is 0 Å². The lowest BCUT2D eigenvalue weighted by atomic mass is 10.3. The number of carbonyl (C=O) groups is 1. The third-order valence-corrected chi connectivity index (χ3v) is 1.45. The van der Waals surface area contributed by atoms with Crippen molar-refractivity contribution in [1.82, 2.24) is 4.98 Å². The molecule has 14 heavy (non-hydrogen) atoms. The fourth-order valence-corrected chi connectivity index (χ4v) is 0.796. The van der Waals surface area contributed by atoms with Gasteiger partial charge in [-0.3, -0.25) is 0 Å². The molecule has 0 saturated carbocycles. The summed E-state index contributed by atoms with van der Waals surface area (Å²) in [7, 11) is 0. The van der Waals surface area contributed by atoms with Crippen LogP contribution in [-0.4, -0.2) is 28.8 Å². The van der Waals surface area contributed by atoms with Gasteiger partial charge in [-0.2, -0.15) is 0 Å². The normalized spacial score (nSPS) is 12.1. The van der Waals surface area contributed by atoms with E-state index in [0.717, 1.165) is 0 Å². The molecule has 1 unspecified atom stereocenters. The van der Waals surface area contributed by atoms with Crippen LogP contribution in [0.4, 0.5) is 5.69 Å². The first-order chi connectivity index (χ1) is 6.59. The zero-order chi connectivity index (χ0) is 10.6. The molecule has 1 heterocycles. The van der Waals surface area contributed by atoms with E-state index in [2.05, 4.69) is 4.98 Å². The van der Waals surface area contributed by atoms with Gasteiger partial charge in [0.25, 0.3) is 0 Å². The van der Waals surface area contributed by atoms with Crippen molar-refractivity contribution in [3.8, 4) is 0 Å². The van der Waals surface area contributed by atoms with Crippen molar-refractivity contribution in [2.75, 3.05) is 12.3 Å². The van der Waals surface area contributed by atoms with Gasteiger partial charge in [-0.1, -0.05) is 0 Å². The molecule has 1 rings (SSSR count). The van der Waals surface area contributed by atoms with Crippen LogP contribution in [0.2, 0.25) is 0 Å². The van der Waals surface area contributed by atoms with Crippen LogP contribution < -0.4 is 5.73 Å². The molecular weight excluding hydrogens is 184 g/mol. The second-order valence-electron chi connectivity index (χ2n) is 2.92. The second kappa shape index (κ2) is 4.57. The maximum absolute atomic E-state index is 11.2. The van der Waals surface area contributed by atoms with E-state index in [0.29, 0.717) is 5.69 Å². The van der Waals surface area contributed by atoms with E-state index >= 15 is 0 Å². The molecule has 0 aliphatic heterocycles. The van der Waals surface area contributed by atoms with Crippen molar-refractivity contribution in [3.05, 3.63) is 24.0 Å². The topological polar surface area (TPSA) is 85.4 Å². The molecule has 5 nitrogen and oxygen atoms in total. The molecule has 0 saturated heterocycles. The minimum Gasteiger partial charge on any atom is -0.458 e. The van der Waals surface area contributed by atoms with E-state index in [4.69, 9.17) is 15.6 Å². The molecule has 0 aliphatic carbocycles. The maximum atomic E-state index is 11.2. The number of nitrogens with zero attached hydrogens (tertiary/aromatic N) is 1. The summed E-state index contributed by atoms with van der Waals surface area (Å²) in [5.74, 6) is -0.564. The Balaban J connectivity index is 2.57. The Bertz CT molecular complexity index is 308. The van der Waals surface area contributed by atoms with Gasteiger partial charge in [0.1, 0.15) is 12.3 Å². The van der Waals surface area contributed by atoms with Gasteiger partial charge in [-0.25, -0.2) is 9.78 Å². The summed E-state index contributed by atoms with van der Waals surface area (Å²) in [5, 5.41) is 8.87. The molecule has 0 spiro atoms. The first kappa shape index (κ1) is 10.5. The zero-order valence-electron chi connectivity index (χ0n) is 7.80. The highest BCUT2D eigenvalue weighted by atomic mass is 16.5. The number of carbonyl (C=O) groups excluding carboxylic acids is 1. The number of hydrogen-bond donors (Lipinski definition) is 2. The minimum absolute atomic E-state index is 0.0368. The third kappa shape index (κ3) is 3.02. The van der Waals surface area contributed by atoms with Crippen LogP contribution in [0, 0.1) is 0 Å². The van der Waals surface area contributed by atoms with Crippen molar-refractivity contribution < 1.29 is 14.6 Å². The summed E-state index contributed by atoms with van der Waals surface area (Å²) in [6.45, 7) is 1.49. The minimum atomic E-state index is -0.673. The van der Waals surface area contributed by atoms with Crippen molar-refractivity contribution in [2.45, 2.75) is 13.0 Å². The maximum Gasteiger partial charge on any atom is 0.357 e. The van der Waals surface area contributed by atoms with Gasteiger partial charge < -0.3 is 15.6 Å².